The summed E-state index contributed by atoms with van der Waals surface area (Å²) in [5.74, 6) is 1.18. The van der Waals surface area contributed by atoms with Crippen molar-refractivity contribution in [1.82, 2.24) is 21.3 Å². The predicted octanol–water partition coefficient (Wildman–Crippen LogP) is 3.21. The molecule has 0 aromatic rings. The normalized spacial score (nSPS) is 20.6. The molecule has 0 aromatic carbocycles. The molecule has 220 valence electrons. The average Bonchev–Trinajstić information content (AvgIpc) is 3.40. The predicted molar refractivity (Wildman–Crippen MR) is 152 cm³/mol. The zero-order valence-electron chi connectivity index (χ0n) is 22.9. The van der Waals surface area contributed by atoms with Crippen molar-refractivity contribution in [3.63, 3.8) is 0 Å². The molecule has 0 bridgehead atoms. The molecular weight excluding hydrogens is 528 g/mol. The second-order valence-corrected chi connectivity index (χ2v) is 13.3. The topological polar surface area (TPSA) is 143 Å². The van der Waals surface area contributed by atoms with Crippen molar-refractivity contribution < 1.29 is 27.0 Å². The fraction of sp³-hybridized carbons (Fsp3) is 0.885. The monoisotopic (exact) mass is 576 g/mol. The van der Waals surface area contributed by atoms with Crippen LogP contribution in [0.1, 0.15) is 96.3 Å². The maximum Gasteiger partial charge on any atom is 0.315 e. The lowest BCUT2D eigenvalue weighted by molar-refractivity contribution is -0.121. The van der Waals surface area contributed by atoms with Crippen molar-refractivity contribution in [3.8, 4) is 0 Å². The van der Waals surface area contributed by atoms with Crippen LogP contribution in [-0.2, 0) is 23.9 Å². The van der Waals surface area contributed by atoms with Gasteiger partial charge in [-0.1, -0.05) is 38.5 Å². The van der Waals surface area contributed by atoms with E-state index in [1.165, 1.54) is 0 Å². The highest BCUT2D eigenvalue weighted by Gasteiger charge is 2.42. The zero-order chi connectivity index (χ0) is 27.6. The number of hydrogen-bond acceptors (Lipinski definition) is 7. The Balaban J connectivity index is 1.29. The highest BCUT2D eigenvalue weighted by Crippen LogP contribution is 2.33. The fourth-order valence-corrected chi connectivity index (χ4v) is 6.78. The van der Waals surface area contributed by atoms with Gasteiger partial charge in [0, 0.05) is 36.9 Å². The number of carbonyl (C=O) groups excluding carboxylic acids is 3. The number of nitrogens with one attached hydrogen (secondary N) is 4. The van der Waals surface area contributed by atoms with E-state index in [0.29, 0.717) is 31.2 Å². The Kier molecular flexibility index (Phi) is 16.1. The summed E-state index contributed by atoms with van der Waals surface area (Å²) in [5.41, 5.74) is 0. The molecule has 0 aromatic heterocycles. The van der Waals surface area contributed by atoms with Crippen LogP contribution in [0.15, 0.2) is 0 Å². The minimum absolute atomic E-state index is 0.0551. The number of carbonyl (C=O) groups is 3. The molecule has 12 heteroatoms. The van der Waals surface area contributed by atoms with Gasteiger partial charge in [0.2, 0.25) is 11.8 Å². The Labute approximate surface area is 233 Å². The third-order valence-electron chi connectivity index (χ3n) is 6.92. The summed E-state index contributed by atoms with van der Waals surface area (Å²) in [6, 6.07) is 0.433. The van der Waals surface area contributed by atoms with Crippen molar-refractivity contribution in [1.29, 1.82) is 0 Å². The summed E-state index contributed by atoms with van der Waals surface area (Å²) in [6.07, 6.45) is 14.7. The second kappa shape index (κ2) is 18.7. The molecule has 38 heavy (non-hydrogen) atoms. The van der Waals surface area contributed by atoms with Crippen LogP contribution in [0.4, 0.5) is 4.79 Å². The maximum absolute atomic E-state index is 12.0. The van der Waals surface area contributed by atoms with Gasteiger partial charge in [-0.15, -0.1) is 0 Å². The van der Waals surface area contributed by atoms with Gasteiger partial charge in [0.05, 0.1) is 24.9 Å². The van der Waals surface area contributed by atoms with E-state index in [2.05, 4.69) is 21.3 Å². The van der Waals surface area contributed by atoms with Gasteiger partial charge in [0.15, 0.2) is 0 Å². The third-order valence-corrected chi connectivity index (χ3v) is 9.03. The van der Waals surface area contributed by atoms with Gasteiger partial charge in [-0.05, 0) is 44.9 Å². The smallest absolute Gasteiger partial charge is 0.315 e. The SMILES string of the molecule is CS(=O)(=O)OCCCCCCCCCC(=O)NCCCCCNC(=O)CCCC[C@@H]1SC[C@@H]2NC(=O)N[C@@H]21. The van der Waals surface area contributed by atoms with Gasteiger partial charge in [0.1, 0.15) is 0 Å². The molecule has 0 unspecified atom stereocenters. The van der Waals surface area contributed by atoms with Crippen LogP contribution in [0, 0.1) is 0 Å². The van der Waals surface area contributed by atoms with Crippen molar-refractivity contribution in [2.75, 3.05) is 31.7 Å². The molecule has 2 aliphatic rings. The van der Waals surface area contributed by atoms with Crippen LogP contribution in [0.2, 0.25) is 0 Å². The van der Waals surface area contributed by atoms with Gasteiger partial charge < -0.3 is 21.3 Å². The van der Waals surface area contributed by atoms with E-state index >= 15 is 0 Å². The molecule has 10 nitrogen and oxygen atoms in total. The summed E-state index contributed by atoms with van der Waals surface area (Å²) >= 11 is 1.91. The number of urea groups is 1. The van der Waals surface area contributed by atoms with E-state index in [9.17, 15) is 22.8 Å². The van der Waals surface area contributed by atoms with Crippen LogP contribution >= 0.6 is 11.8 Å². The largest absolute Gasteiger partial charge is 0.356 e. The summed E-state index contributed by atoms with van der Waals surface area (Å²) in [7, 11) is -3.32. The number of fused-ring (bicyclic) bond motifs is 1. The molecule has 2 rings (SSSR count). The molecular formula is C26H48N4O6S2. The summed E-state index contributed by atoms with van der Waals surface area (Å²) in [6.45, 7) is 1.62. The molecule has 0 aliphatic carbocycles. The fourth-order valence-electron chi connectivity index (χ4n) is 4.82. The van der Waals surface area contributed by atoms with Crippen LogP contribution in [0.3, 0.4) is 0 Å². The van der Waals surface area contributed by atoms with Gasteiger partial charge >= 0.3 is 6.03 Å². The van der Waals surface area contributed by atoms with Crippen LogP contribution in [-0.4, -0.2) is 75.3 Å². The molecule has 4 amide bonds. The number of amides is 4. The molecule has 2 saturated heterocycles. The Morgan fingerprint density at radius 1 is 0.842 bits per heavy atom. The first-order chi connectivity index (χ1) is 18.2. The Morgan fingerprint density at radius 2 is 1.39 bits per heavy atom. The highest BCUT2D eigenvalue weighted by molar-refractivity contribution is 8.00. The minimum Gasteiger partial charge on any atom is -0.356 e. The Bertz CT molecular complexity index is 827. The lowest BCUT2D eigenvalue weighted by atomic mass is 10.0. The molecule has 0 radical (unpaired) electrons. The van der Waals surface area contributed by atoms with Crippen molar-refractivity contribution in [3.05, 3.63) is 0 Å². The Morgan fingerprint density at radius 3 is 2.03 bits per heavy atom. The first-order valence-corrected chi connectivity index (χ1v) is 17.2. The van der Waals surface area contributed by atoms with Crippen LogP contribution in [0.25, 0.3) is 0 Å². The summed E-state index contributed by atoms with van der Waals surface area (Å²) in [5, 5.41) is 12.4. The van der Waals surface area contributed by atoms with Crippen molar-refractivity contribution in [2.24, 2.45) is 0 Å². The van der Waals surface area contributed by atoms with Crippen LogP contribution in [0.5, 0.6) is 0 Å². The first-order valence-electron chi connectivity index (χ1n) is 14.3. The van der Waals surface area contributed by atoms with E-state index < -0.39 is 10.1 Å². The maximum atomic E-state index is 12.0. The van der Waals surface area contributed by atoms with E-state index in [-0.39, 0.29) is 36.5 Å². The second-order valence-electron chi connectivity index (χ2n) is 10.4. The van der Waals surface area contributed by atoms with Crippen molar-refractivity contribution in [2.45, 2.75) is 114 Å². The molecule has 2 heterocycles. The molecule has 0 spiro atoms. The minimum atomic E-state index is -3.32. The van der Waals surface area contributed by atoms with Gasteiger partial charge in [-0.25, -0.2) is 4.79 Å². The number of thioether (sulfide) groups is 1. The lowest BCUT2D eigenvalue weighted by Crippen LogP contribution is -2.36. The third kappa shape index (κ3) is 15.2. The zero-order valence-corrected chi connectivity index (χ0v) is 24.6. The quantitative estimate of drug-likeness (QED) is 0.0880. The molecule has 2 aliphatic heterocycles. The molecule has 2 fully saturated rings. The van der Waals surface area contributed by atoms with E-state index in [0.717, 1.165) is 95.5 Å². The summed E-state index contributed by atoms with van der Waals surface area (Å²) in [4.78, 5) is 35.4. The van der Waals surface area contributed by atoms with E-state index in [1.54, 1.807) is 0 Å². The molecule has 4 N–H and O–H groups in total. The summed E-state index contributed by atoms with van der Waals surface area (Å²) < 4.78 is 26.4. The van der Waals surface area contributed by atoms with E-state index in [4.69, 9.17) is 4.18 Å². The number of rotatable bonds is 22. The number of unbranched alkanes of at least 4 members (excludes halogenated alkanes) is 9. The first kappa shape index (κ1) is 32.7. The Hall–Kier alpha value is -1.53. The van der Waals surface area contributed by atoms with Gasteiger partial charge in [-0.3, -0.25) is 13.8 Å². The lowest BCUT2D eigenvalue weighted by Gasteiger charge is -2.16. The number of hydrogen-bond donors (Lipinski definition) is 4. The van der Waals surface area contributed by atoms with Crippen LogP contribution < -0.4 is 21.3 Å². The van der Waals surface area contributed by atoms with Gasteiger partial charge in [0.25, 0.3) is 10.1 Å². The molecule has 3 atom stereocenters. The standard InChI is InChI=1S/C26H48N4O6S2/c1-38(34,35)36-19-13-6-4-2-3-5-8-15-23(31)27-17-11-7-12-18-28-24(32)16-10-9-14-22-25-21(20-37-22)29-26(33)30-25/h21-22,25H,2-20H2,1H3,(H,27,31)(H,28,32)(H2,29,30,33)/t21-,22-,25-/m0/s1. The van der Waals surface area contributed by atoms with Gasteiger partial charge in [-0.2, -0.15) is 20.2 Å². The highest BCUT2D eigenvalue weighted by atomic mass is 32.2. The van der Waals surface area contributed by atoms with E-state index in [1.807, 2.05) is 11.8 Å². The van der Waals surface area contributed by atoms with Crippen molar-refractivity contribution >= 4 is 39.7 Å². The molecule has 0 saturated carbocycles. The average molecular weight is 577 g/mol.